The van der Waals surface area contributed by atoms with E-state index >= 15 is 0 Å². The van der Waals surface area contributed by atoms with Crippen LogP contribution in [0.3, 0.4) is 0 Å². The number of benzene rings is 2. The Bertz CT molecular complexity index is 1160. The summed E-state index contributed by atoms with van der Waals surface area (Å²) in [6.45, 7) is 0. The topological polar surface area (TPSA) is 114 Å². The van der Waals surface area contributed by atoms with Gasteiger partial charge in [0.25, 0.3) is 20.0 Å². The van der Waals surface area contributed by atoms with Crippen LogP contribution in [-0.2, 0) is 20.0 Å². The molecule has 0 unspecified atom stereocenters. The zero-order chi connectivity index (χ0) is 20.5. The summed E-state index contributed by atoms with van der Waals surface area (Å²) < 4.78 is 61.5. The van der Waals surface area contributed by atoms with Crippen LogP contribution < -0.4 is 15.2 Å². The molecule has 1 aromatic heterocycles. The summed E-state index contributed by atoms with van der Waals surface area (Å²) in [4.78, 5) is 12.2. The average molecular weight is 424 g/mol. The largest absolute Gasteiger partial charge is 0.497 e. The molecule has 0 aliphatic carbocycles. The molecule has 0 spiro atoms. The molecule has 148 valence electrons. The van der Waals surface area contributed by atoms with Crippen molar-refractivity contribution in [3.05, 3.63) is 71.4 Å². The highest BCUT2D eigenvalue weighted by molar-refractivity contribution is 7.90. The number of methoxy groups -OCH3 is 2. The highest BCUT2D eigenvalue weighted by Gasteiger charge is 2.26. The summed E-state index contributed by atoms with van der Waals surface area (Å²) in [5.74, 6) is 0.872. The van der Waals surface area contributed by atoms with Gasteiger partial charge in [0.1, 0.15) is 11.5 Å². The predicted octanol–water partition coefficient (Wildman–Crippen LogP) is 1.14. The van der Waals surface area contributed by atoms with E-state index in [2.05, 4.69) is 0 Å². The molecule has 0 saturated heterocycles. The lowest BCUT2D eigenvalue weighted by molar-refractivity contribution is 0.414. The molecular formula is C17H16N2O7S2. The Morgan fingerprint density at radius 1 is 0.643 bits per heavy atom. The second-order valence-corrected chi connectivity index (χ2v) is 9.16. The molecule has 2 aromatic carbocycles. The summed E-state index contributed by atoms with van der Waals surface area (Å²) in [5, 5.41) is 0. The van der Waals surface area contributed by atoms with Crippen molar-refractivity contribution in [3.8, 4) is 11.5 Å². The van der Waals surface area contributed by atoms with Gasteiger partial charge in [-0.3, -0.25) is 0 Å². The third-order valence-corrected chi connectivity index (χ3v) is 7.27. The fourth-order valence-corrected chi connectivity index (χ4v) is 4.92. The number of hydrogen-bond donors (Lipinski definition) is 0. The lowest BCUT2D eigenvalue weighted by atomic mass is 10.3. The Kier molecular flexibility index (Phi) is 5.04. The molecule has 3 rings (SSSR count). The summed E-state index contributed by atoms with van der Waals surface area (Å²) >= 11 is 0. The van der Waals surface area contributed by atoms with Gasteiger partial charge in [-0.2, -0.15) is 7.94 Å². The van der Waals surface area contributed by atoms with Crippen LogP contribution in [0, 0.1) is 0 Å². The summed E-state index contributed by atoms with van der Waals surface area (Å²) in [6.07, 6.45) is 1.78. The molecule has 0 radical (unpaired) electrons. The predicted molar refractivity (Wildman–Crippen MR) is 99.8 cm³/mol. The van der Waals surface area contributed by atoms with Crippen molar-refractivity contribution in [2.24, 2.45) is 0 Å². The van der Waals surface area contributed by atoms with Gasteiger partial charge in [-0.1, -0.05) is 0 Å². The molecule has 1 heterocycles. The standard InChI is InChI=1S/C17H16N2O7S2/c1-25-13-3-7-15(8-4-13)27(21,22)18-11-12-19(17(18)20)28(23,24)16-9-5-14(26-2)6-10-16/h3-12H,1-2H3. The molecule has 0 N–H and O–H groups in total. The molecule has 0 fully saturated rings. The first-order chi connectivity index (χ1) is 13.2. The van der Waals surface area contributed by atoms with Crippen LogP contribution in [0.1, 0.15) is 0 Å². The minimum atomic E-state index is -4.28. The van der Waals surface area contributed by atoms with Gasteiger partial charge in [-0.05, 0) is 48.5 Å². The Labute approximate surface area is 161 Å². The second kappa shape index (κ2) is 7.17. The molecule has 9 nitrogen and oxygen atoms in total. The normalized spacial score (nSPS) is 11.9. The van der Waals surface area contributed by atoms with E-state index in [9.17, 15) is 21.6 Å². The van der Waals surface area contributed by atoms with E-state index in [0.29, 0.717) is 19.4 Å². The lowest BCUT2D eigenvalue weighted by Gasteiger charge is -2.07. The highest BCUT2D eigenvalue weighted by atomic mass is 32.2. The van der Waals surface area contributed by atoms with E-state index in [1.807, 2.05) is 0 Å². The minimum absolute atomic E-state index is 0.185. The van der Waals surface area contributed by atoms with E-state index in [0.717, 1.165) is 12.4 Å². The van der Waals surface area contributed by atoms with Crippen LogP contribution in [0.2, 0.25) is 0 Å². The molecule has 28 heavy (non-hydrogen) atoms. The SMILES string of the molecule is COc1ccc(S(=O)(=O)n2ccn(S(=O)(=O)c3ccc(OC)cc3)c2=O)cc1. The Morgan fingerprint density at radius 2 is 0.964 bits per heavy atom. The van der Waals surface area contributed by atoms with E-state index in [1.165, 1.54) is 62.8 Å². The first-order valence-electron chi connectivity index (χ1n) is 7.81. The molecular weight excluding hydrogens is 408 g/mol. The van der Waals surface area contributed by atoms with Gasteiger partial charge in [0.05, 0.1) is 24.0 Å². The number of hydrogen-bond acceptors (Lipinski definition) is 7. The number of nitrogens with zero attached hydrogens (tertiary/aromatic N) is 2. The first kappa shape index (κ1) is 19.7. The minimum Gasteiger partial charge on any atom is -0.497 e. The molecule has 0 aliphatic rings. The molecule has 0 amide bonds. The number of rotatable bonds is 6. The number of aromatic nitrogens is 2. The van der Waals surface area contributed by atoms with Gasteiger partial charge in [0.15, 0.2) is 0 Å². The number of ether oxygens (including phenoxy) is 2. The van der Waals surface area contributed by atoms with Crippen LogP contribution in [0.5, 0.6) is 11.5 Å². The average Bonchev–Trinajstić information content (AvgIpc) is 3.11. The molecule has 3 aromatic rings. The van der Waals surface area contributed by atoms with Crippen LogP contribution >= 0.6 is 0 Å². The van der Waals surface area contributed by atoms with E-state index < -0.39 is 25.7 Å². The van der Waals surface area contributed by atoms with Gasteiger partial charge in [-0.25, -0.2) is 21.6 Å². The van der Waals surface area contributed by atoms with Crippen molar-refractivity contribution in [3.63, 3.8) is 0 Å². The van der Waals surface area contributed by atoms with Gasteiger partial charge >= 0.3 is 5.69 Å². The highest BCUT2D eigenvalue weighted by Crippen LogP contribution is 2.19. The Balaban J connectivity index is 2.06. The summed E-state index contributed by atoms with van der Waals surface area (Å²) in [6, 6.07) is 10.7. The van der Waals surface area contributed by atoms with Crippen LogP contribution in [-0.4, -0.2) is 39.0 Å². The first-order valence-corrected chi connectivity index (χ1v) is 10.7. The van der Waals surface area contributed by atoms with Crippen LogP contribution in [0.4, 0.5) is 0 Å². The molecule has 0 aliphatic heterocycles. The maximum atomic E-state index is 12.7. The zero-order valence-electron chi connectivity index (χ0n) is 14.8. The van der Waals surface area contributed by atoms with Gasteiger partial charge in [-0.15, -0.1) is 0 Å². The molecule has 0 bridgehead atoms. The Hall–Kier alpha value is -3.05. The van der Waals surface area contributed by atoms with Gasteiger partial charge in [0, 0.05) is 12.4 Å². The molecule has 0 atom stereocenters. The van der Waals surface area contributed by atoms with Crippen molar-refractivity contribution in [2.45, 2.75) is 9.79 Å². The van der Waals surface area contributed by atoms with Gasteiger partial charge in [0.2, 0.25) is 0 Å². The van der Waals surface area contributed by atoms with Crippen molar-refractivity contribution in [1.82, 2.24) is 7.94 Å². The number of imidazole rings is 1. The maximum absolute atomic E-state index is 12.7. The van der Waals surface area contributed by atoms with Crippen molar-refractivity contribution >= 4 is 20.0 Å². The maximum Gasteiger partial charge on any atom is 0.356 e. The summed E-state index contributed by atoms with van der Waals surface area (Å²) in [5.41, 5.74) is -1.23. The molecule has 0 saturated carbocycles. The van der Waals surface area contributed by atoms with Crippen LogP contribution in [0.15, 0.2) is 75.5 Å². The smallest absolute Gasteiger partial charge is 0.356 e. The molecule has 11 heteroatoms. The zero-order valence-corrected chi connectivity index (χ0v) is 16.5. The van der Waals surface area contributed by atoms with E-state index in [4.69, 9.17) is 9.47 Å². The van der Waals surface area contributed by atoms with Gasteiger partial charge < -0.3 is 9.47 Å². The summed E-state index contributed by atoms with van der Waals surface area (Å²) in [7, 11) is -5.71. The third kappa shape index (κ3) is 3.29. The van der Waals surface area contributed by atoms with Crippen molar-refractivity contribution < 1.29 is 26.3 Å². The fraction of sp³-hybridized carbons (Fsp3) is 0.118. The van der Waals surface area contributed by atoms with Crippen LogP contribution in [0.25, 0.3) is 0 Å². The Morgan fingerprint density at radius 3 is 1.25 bits per heavy atom. The van der Waals surface area contributed by atoms with E-state index in [1.54, 1.807) is 0 Å². The monoisotopic (exact) mass is 424 g/mol. The second-order valence-electron chi connectivity index (χ2n) is 5.53. The van der Waals surface area contributed by atoms with E-state index in [-0.39, 0.29) is 9.79 Å². The quantitative estimate of drug-likeness (QED) is 0.583. The lowest BCUT2D eigenvalue weighted by Crippen LogP contribution is -2.32. The van der Waals surface area contributed by atoms with Crippen molar-refractivity contribution in [2.75, 3.05) is 14.2 Å². The fourth-order valence-electron chi connectivity index (χ4n) is 2.43. The van der Waals surface area contributed by atoms with Crippen molar-refractivity contribution in [1.29, 1.82) is 0 Å². The third-order valence-electron chi connectivity index (χ3n) is 3.95.